The molecule has 73 heavy (non-hydrogen) atoms. The SMILES string of the molecule is O=C(Oc1ccc(OC(=O)c2ccc(OCCCCCC(F)(F)C(F)(F)C(F)(F)C(F)(F)F)cc2)c(COC(=O)C2CC3C=CC2C3)c1)c1ccc(OCCCCCC(F)(F)C(F)(F)C(F)(F)C(F)(F)F)cc1. The van der Waals surface area contributed by atoms with Crippen molar-refractivity contribution >= 4 is 17.9 Å². The maximum absolute atomic E-state index is 13.8. The van der Waals surface area contributed by atoms with Gasteiger partial charge < -0.3 is 23.7 Å². The normalized spacial score (nSPS) is 17.6. The topological polar surface area (TPSA) is 97.4 Å². The number of allylic oxidation sites excluding steroid dienone is 2. The van der Waals surface area contributed by atoms with E-state index in [0.717, 1.165) is 6.42 Å². The average molecular weight is 1080 g/mol. The molecule has 1 saturated carbocycles. The molecule has 3 aromatic carbocycles. The van der Waals surface area contributed by atoms with Crippen LogP contribution in [0.4, 0.5) is 79.0 Å². The number of carbonyl (C=O) groups is 3. The van der Waals surface area contributed by atoms with Gasteiger partial charge in [0.2, 0.25) is 0 Å². The van der Waals surface area contributed by atoms with Crippen LogP contribution in [0.2, 0.25) is 0 Å². The van der Waals surface area contributed by atoms with Gasteiger partial charge in [-0.2, -0.15) is 79.0 Å². The second-order valence-corrected chi connectivity index (χ2v) is 17.1. The molecule has 0 N–H and O–H groups in total. The van der Waals surface area contributed by atoms with Gasteiger partial charge >= 0.3 is 65.8 Å². The molecule has 8 nitrogen and oxygen atoms in total. The maximum Gasteiger partial charge on any atom is 0.460 e. The first-order valence-corrected chi connectivity index (χ1v) is 22.0. The highest BCUT2D eigenvalue weighted by Crippen LogP contribution is 2.56. The molecule has 0 saturated heterocycles. The van der Waals surface area contributed by atoms with Crippen molar-refractivity contribution in [2.75, 3.05) is 13.2 Å². The Morgan fingerprint density at radius 3 is 1.33 bits per heavy atom. The van der Waals surface area contributed by atoms with Gasteiger partial charge in [-0.15, -0.1) is 0 Å². The van der Waals surface area contributed by atoms with E-state index >= 15 is 0 Å². The Morgan fingerprint density at radius 1 is 0.479 bits per heavy atom. The molecule has 0 aromatic heterocycles. The van der Waals surface area contributed by atoms with Crippen LogP contribution in [-0.4, -0.2) is 79.0 Å². The van der Waals surface area contributed by atoms with Gasteiger partial charge in [0.05, 0.1) is 30.3 Å². The quantitative estimate of drug-likeness (QED) is 0.0272. The zero-order valence-electron chi connectivity index (χ0n) is 37.5. The van der Waals surface area contributed by atoms with Crippen LogP contribution in [-0.2, 0) is 16.1 Å². The summed E-state index contributed by atoms with van der Waals surface area (Å²) in [7, 11) is 0. The summed E-state index contributed by atoms with van der Waals surface area (Å²) in [5.41, 5.74) is -0.0334. The van der Waals surface area contributed by atoms with Gasteiger partial charge in [-0.25, -0.2) is 9.59 Å². The second-order valence-electron chi connectivity index (χ2n) is 17.1. The number of benzene rings is 3. The molecule has 404 valence electrons. The lowest BCUT2D eigenvalue weighted by molar-refractivity contribution is -0.396. The van der Waals surface area contributed by atoms with E-state index in [9.17, 15) is 93.4 Å². The lowest BCUT2D eigenvalue weighted by atomic mass is 9.94. The van der Waals surface area contributed by atoms with Crippen molar-refractivity contribution in [2.45, 2.75) is 119 Å². The van der Waals surface area contributed by atoms with E-state index in [2.05, 4.69) is 0 Å². The van der Waals surface area contributed by atoms with Gasteiger partial charge in [-0.1, -0.05) is 12.2 Å². The van der Waals surface area contributed by atoms with Gasteiger partial charge in [0, 0.05) is 18.4 Å². The van der Waals surface area contributed by atoms with Crippen molar-refractivity contribution < 1.29 is 117 Å². The minimum Gasteiger partial charge on any atom is -0.494 e. The molecule has 2 aliphatic rings. The summed E-state index contributed by atoms with van der Waals surface area (Å²) in [6.45, 7) is -0.927. The molecule has 2 aliphatic carbocycles. The summed E-state index contributed by atoms with van der Waals surface area (Å²) in [4.78, 5) is 39.4. The number of rotatable bonds is 25. The predicted octanol–water partition coefficient (Wildman–Crippen LogP) is 14.2. The number of carbonyl (C=O) groups excluding carboxylic acids is 3. The molecule has 1 fully saturated rings. The van der Waals surface area contributed by atoms with Crippen LogP contribution in [0.3, 0.4) is 0 Å². The minimum absolute atomic E-state index is 0.0236. The maximum atomic E-state index is 13.8. The second kappa shape index (κ2) is 22.3. The molecule has 0 aliphatic heterocycles. The molecule has 5 rings (SSSR count). The third-order valence-electron chi connectivity index (χ3n) is 11.8. The molecule has 2 bridgehead atoms. The Morgan fingerprint density at radius 2 is 0.918 bits per heavy atom. The van der Waals surface area contributed by atoms with Gasteiger partial charge in [0.15, 0.2) is 0 Å². The molecule has 3 atom stereocenters. The molecule has 0 spiro atoms. The van der Waals surface area contributed by atoms with E-state index in [1.807, 2.05) is 12.2 Å². The van der Waals surface area contributed by atoms with Crippen molar-refractivity contribution in [1.29, 1.82) is 0 Å². The highest BCUT2D eigenvalue weighted by atomic mass is 19.4. The number of hydrogen-bond acceptors (Lipinski definition) is 8. The third-order valence-corrected chi connectivity index (χ3v) is 11.8. The predicted molar refractivity (Wildman–Crippen MR) is 218 cm³/mol. The van der Waals surface area contributed by atoms with E-state index in [0.29, 0.717) is 6.42 Å². The monoisotopic (exact) mass is 1080 g/mol. The van der Waals surface area contributed by atoms with Crippen LogP contribution in [0.1, 0.15) is 90.5 Å². The van der Waals surface area contributed by atoms with Gasteiger partial charge in [-0.3, -0.25) is 4.79 Å². The lowest BCUT2D eigenvalue weighted by Gasteiger charge is -2.33. The average Bonchev–Trinajstić information content (AvgIpc) is 3.95. The molecule has 3 unspecified atom stereocenters. The van der Waals surface area contributed by atoms with E-state index in [-0.39, 0.29) is 90.4 Å². The number of alkyl halides is 18. The summed E-state index contributed by atoms with van der Waals surface area (Å²) < 4.78 is 263. The Bertz CT molecular complexity index is 2400. The van der Waals surface area contributed by atoms with Crippen molar-refractivity contribution in [2.24, 2.45) is 17.8 Å². The van der Waals surface area contributed by atoms with E-state index in [4.69, 9.17) is 23.7 Å². The number of esters is 3. The summed E-state index contributed by atoms with van der Waals surface area (Å²) in [5.74, 6) is -41.3. The number of halogens is 18. The molecular formula is C47H42F18O8. The highest BCUT2D eigenvalue weighted by Gasteiger charge is 2.82. The van der Waals surface area contributed by atoms with Crippen LogP contribution in [0.15, 0.2) is 78.9 Å². The Balaban J connectivity index is 1.13. The van der Waals surface area contributed by atoms with Crippen LogP contribution in [0.5, 0.6) is 23.0 Å². The fourth-order valence-corrected chi connectivity index (χ4v) is 7.60. The smallest absolute Gasteiger partial charge is 0.460 e. The number of fused-ring (bicyclic) bond motifs is 2. The van der Waals surface area contributed by atoms with Gasteiger partial charge in [0.25, 0.3) is 0 Å². The van der Waals surface area contributed by atoms with Crippen molar-refractivity contribution in [3.8, 4) is 23.0 Å². The number of unbranched alkanes of at least 4 members (excludes halogenated alkanes) is 4. The summed E-state index contributed by atoms with van der Waals surface area (Å²) in [6.07, 6.45) is -15.1. The molecule has 26 heteroatoms. The largest absolute Gasteiger partial charge is 0.494 e. The summed E-state index contributed by atoms with van der Waals surface area (Å²) in [5, 5.41) is 0. The summed E-state index contributed by atoms with van der Waals surface area (Å²) in [6, 6.07) is 13.9. The summed E-state index contributed by atoms with van der Waals surface area (Å²) >= 11 is 0. The number of ether oxygens (including phenoxy) is 5. The standard InChI is InChI=1S/C47H42F18O8/c48-40(49,42(52,53)44(56,57)46(60,61)62)19-3-1-5-21-69-32-13-9-28(10-14-32)37(66)72-34-17-18-36(31(25-34)26-71-39(68)35-24-27-7-8-30(35)23-27)73-38(67)29-11-15-33(16-12-29)70-22-6-2-4-20-41(50,51)43(54,55)45(58,59)47(63,64)65/h7-18,25,27,30,35H,1-6,19-24,26H2. The lowest BCUT2D eigenvalue weighted by Crippen LogP contribution is -2.60. The molecule has 3 aromatic rings. The fraction of sp³-hybridized carbons (Fsp3) is 0.511. The zero-order valence-corrected chi connectivity index (χ0v) is 37.5. The first kappa shape index (κ1) is 58.0. The van der Waals surface area contributed by atoms with Crippen LogP contribution in [0, 0.1) is 17.8 Å². The Kier molecular flexibility index (Phi) is 17.7. The van der Waals surface area contributed by atoms with Crippen LogP contribution in [0.25, 0.3) is 0 Å². The Labute approximate surface area is 402 Å². The minimum atomic E-state index is -6.97. The number of hydrogen-bond donors (Lipinski definition) is 0. The fourth-order valence-electron chi connectivity index (χ4n) is 7.60. The first-order valence-electron chi connectivity index (χ1n) is 22.0. The zero-order chi connectivity index (χ0) is 54.4. The van der Waals surface area contributed by atoms with Gasteiger partial charge in [-0.05, 0) is 130 Å². The highest BCUT2D eigenvalue weighted by molar-refractivity contribution is 5.92. The van der Waals surface area contributed by atoms with Crippen LogP contribution < -0.4 is 18.9 Å². The van der Waals surface area contributed by atoms with Gasteiger partial charge in [0.1, 0.15) is 29.6 Å². The molecule has 0 heterocycles. The van der Waals surface area contributed by atoms with E-state index < -0.39 is 104 Å². The van der Waals surface area contributed by atoms with E-state index in [1.54, 1.807) is 0 Å². The molecular weight excluding hydrogens is 1030 g/mol. The van der Waals surface area contributed by atoms with E-state index in [1.165, 1.54) is 66.7 Å². The van der Waals surface area contributed by atoms with Crippen LogP contribution >= 0.6 is 0 Å². The first-order chi connectivity index (χ1) is 33.7. The molecule has 0 amide bonds. The molecule has 0 radical (unpaired) electrons. The Hall–Kier alpha value is -5.85. The van der Waals surface area contributed by atoms with Crippen molar-refractivity contribution in [3.05, 3.63) is 95.6 Å². The van der Waals surface area contributed by atoms with Crippen molar-refractivity contribution in [1.82, 2.24) is 0 Å². The van der Waals surface area contributed by atoms with Crippen molar-refractivity contribution in [3.63, 3.8) is 0 Å². The third kappa shape index (κ3) is 13.3.